The van der Waals surface area contributed by atoms with Gasteiger partial charge >= 0.3 is 5.97 Å². The van der Waals surface area contributed by atoms with Gasteiger partial charge in [-0.15, -0.1) is 0 Å². The van der Waals surface area contributed by atoms with Gasteiger partial charge in [-0.3, -0.25) is 9.59 Å². The molecule has 25 heavy (non-hydrogen) atoms. The molecule has 1 saturated heterocycles. The van der Waals surface area contributed by atoms with E-state index in [0.29, 0.717) is 13.1 Å². The number of hydrogen-bond donors (Lipinski definition) is 1. The average molecular weight is 368 g/mol. The van der Waals surface area contributed by atoms with Gasteiger partial charge < -0.3 is 9.64 Å². The van der Waals surface area contributed by atoms with Crippen molar-refractivity contribution in [3.05, 3.63) is 29.8 Å². The molecule has 138 valence electrons. The molecular formula is C17H24N2O5S. The summed E-state index contributed by atoms with van der Waals surface area (Å²) < 4.78 is 31.2. The molecule has 1 aliphatic heterocycles. The van der Waals surface area contributed by atoms with Crippen molar-refractivity contribution in [3.8, 4) is 0 Å². The predicted octanol–water partition coefficient (Wildman–Crippen LogP) is 1.22. The van der Waals surface area contributed by atoms with Crippen molar-refractivity contribution < 1.29 is 22.7 Å². The molecule has 2 rings (SSSR count). The first kappa shape index (κ1) is 19.4. The Labute approximate surface area is 148 Å². The second kappa shape index (κ2) is 8.96. The molecule has 0 atom stereocenters. The zero-order chi connectivity index (χ0) is 18.3. The van der Waals surface area contributed by atoms with Gasteiger partial charge in [0.15, 0.2) is 6.61 Å². The summed E-state index contributed by atoms with van der Waals surface area (Å²) in [6, 6.07) is 6.28. The topological polar surface area (TPSA) is 92.8 Å². The van der Waals surface area contributed by atoms with Crippen LogP contribution in [0.3, 0.4) is 0 Å². The lowest BCUT2D eigenvalue weighted by Crippen LogP contribution is -2.37. The summed E-state index contributed by atoms with van der Waals surface area (Å²) in [5.41, 5.74) is 0.936. The van der Waals surface area contributed by atoms with Crippen molar-refractivity contribution in [3.63, 3.8) is 0 Å². The fourth-order valence-corrected chi connectivity index (χ4v) is 3.53. The Morgan fingerprint density at radius 2 is 1.68 bits per heavy atom. The van der Waals surface area contributed by atoms with Crippen molar-refractivity contribution in [1.29, 1.82) is 0 Å². The molecule has 1 amide bonds. The lowest BCUT2D eigenvalue weighted by Gasteiger charge is -2.19. The molecule has 7 nitrogen and oxygen atoms in total. The second-order valence-corrected chi connectivity index (χ2v) is 7.86. The number of sulfonamides is 1. The molecule has 1 aromatic rings. The van der Waals surface area contributed by atoms with Crippen molar-refractivity contribution in [2.45, 2.75) is 37.5 Å². The van der Waals surface area contributed by atoms with E-state index in [2.05, 4.69) is 4.72 Å². The Kier molecular flexibility index (Phi) is 6.95. The first-order valence-corrected chi connectivity index (χ1v) is 9.86. The smallest absolute Gasteiger partial charge is 0.321 e. The van der Waals surface area contributed by atoms with E-state index in [1.54, 1.807) is 17.0 Å². The van der Waals surface area contributed by atoms with Gasteiger partial charge in [-0.25, -0.2) is 8.42 Å². The molecular weight excluding hydrogens is 344 g/mol. The number of carbonyl (C=O) groups is 2. The highest BCUT2D eigenvalue weighted by molar-refractivity contribution is 7.89. The number of amides is 1. The quantitative estimate of drug-likeness (QED) is 0.762. The minimum atomic E-state index is -3.78. The van der Waals surface area contributed by atoms with Crippen LogP contribution in [-0.4, -0.2) is 51.4 Å². The van der Waals surface area contributed by atoms with E-state index in [1.165, 1.54) is 12.1 Å². The monoisotopic (exact) mass is 368 g/mol. The Hall–Kier alpha value is -1.93. The van der Waals surface area contributed by atoms with Gasteiger partial charge in [-0.1, -0.05) is 30.5 Å². The third-order valence-electron chi connectivity index (χ3n) is 4.05. The van der Waals surface area contributed by atoms with Crippen molar-refractivity contribution >= 4 is 21.9 Å². The highest BCUT2D eigenvalue weighted by atomic mass is 32.2. The van der Waals surface area contributed by atoms with Crippen LogP contribution in [0, 0.1) is 6.92 Å². The molecule has 1 aromatic carbocycles. The molecule has 1 N–H and O–H groups in total. The number of likely N-dealkylation sites (tertiary alicyclic amines) is 1. The summed E-state index contributed by atoms with van der Waals surface area (Å²) in [7, 11) is -3.78. The number of ether oxygens (including phenoxy) is 1. The van der Waals surface area contributed by atoms with Crippen LogP contribution < -0.4 is 4.72 Å². The first-order chi connectivity index (χ1) is 11.9. The molecule has 8 heteroatoms. The van der Waals surface area contributed by atoms with E-state index in [-0.39, 0.29) is 17.4 Å². The minimum Gasteiger partial charge on any atom is -0.455 e. The summed E-state index contributed by atoms with van der Waals surface area (Å²) in [6.45, 7) is 2.34. The minimum absolute atomic E-state index is 0.0755. The molecule has 0 saturated carbocycles. The third kappa shape index (κ3) is 6.13. The molecule has 1 heterocycles. The Morgan fingerprint density at radius 1 is 1.08 bits per heavy atom. The van der Waals surface area contributed by atoms with Crippen LogP contribution in [0.15, 0.2) is 29.2 Å². The van der Waals surface area contributed by atoms with Crippen molar-refractivity contribution in [1.82, 2.24) is 9.62 Å². The lowest BCUT2D eigenvalue weighted by molar-refractivity contribution is -0.151. The van der Waals surface area contributed by atoms with Crippen LogP contribution in [0.4, 0.5) is 0 Å². The molecule has 0 aromatic heterocycles. The standard InChI is InChI=1S/C17H24N2O5S/c1-14-6-8-15(9-7-14)25(22,23)18-12-17(21)24-13-16(20)19-10-4-2-3-5-11-19/h6-9,18H,2-5,10-13H2,1H3. The Bertz CT molecular complexity index is 692. The molecule has 0 unspecified atom stereocenters. The van der Waals surface area contributed by atoms with E-state index in [0.717, 1.165) is 31.2 Å². The summed E-state index contributed by atoms with van der Waals surface area (Å²) in [5, 5.41) is 0. The summed E-state index contributed by atoms with van der Waals surface area (Å²) >= 11 is 0. The molecule has 0 aliphatic carbocycles. The number of nitrogens with one attached hydrogen (secondary N) is 1. The highest BCUT2D eigenvalue weighted by Crippen LogP contribution is 2.10. The van der Waals surface area contributed by atoms with Gasteiger partial charge in [0, 0.05) is 13.1 Å². The van der Waals surface area contributed by atoms with E-state index in [9.17, 15) is 18.0 Å². The van der Waals surface area contributed by atoms with Crippen LogP contribution in [0.5, 0.6) is 0 Å². The summed E-state index contributed by atoms with van der Waals surface area (Å²) in [6.07, 6.45) is 4.11. The van der Waals surface area contributed by atoms with E-state index >= 15 is 0 Å². The predicted molar refractivity (Wildman–Crippen MR) is 92.4 cm³/mol. The fraction of sp³-hybridized carbons (Fsp3) is 0.529. The van der Waals surface area contributed by atoms with Crippen LogP contribution in [-0.2, 0) is 24.3 Å². The van der Waals surface area contributed by atoms with Gasteiger partial charge in [0.05, 0.1) is 4.90 Å². The number of carbonyl (C=O) groups excluding carboxylic acids is 2. The zero-order valence-corrected chi connectivity index (χ0v) is 15.2. The number of benzene rings is 1. The number of hydrogen-bond acceptors (Lipinski definition) is 5. The molecule has 0 radical (unpaired) electrons. The van der Waals surface area contributed by atoms with Crippen LogP contribution in [0.25, 0.3) is 0 Å². The van der Waals surface area contributed by atoms with Crippen LogP contribution in [0.1, 0.15) is 31.2 Å². The Morgan fingerprint density at radius 3 is 2.28 bits per heavy atom. The van der Waals surface area contributed by atoms with Crippen LogP contribution >= 0.6 is 0 Å². The first-order valence-electron chi connectivity index (χ1n) is 8.38. The SMILES string of the molecule is Cc1ccc(S(=O)(=O)NCC(=O)OCC(=O)N2CCCCCC2)cc1. The second-order valence-electron chi connectivity index (χ2n) is 6.09. The Balaban J connectivity index is 1.78. The molecule has 0 spiro atoms. The number of aryl methyl sites for hydroxylation is 1. The zero-order valence-electron chi connectivity index (χ0n) is 14.4. The van der Waals surface area contributed by atoms with Gasteiger partial charge in [0.2, 0.25) is 10.0 Å². The van der Waals surface area contributed by atoms with Crippen molar-refractivity contribution in [2.24, 2.45) is 0 Å². The van der Waals surface area contributed by atoms with E-state index < -0.39 is 22.5 Å². The molecule has 1 fully saturated rings. The van der Waals surface area contributed by atoms with Gasteiger partial charge in [-0.05, 0) is 31.9 Å². The largest absolute Gasteiger partial charge is 0.455 e. The number of rotatable bonds is 6. The third-order valence-corrected chi connectivity index (χ3v) is 5.47. The lowest BCUT2D eigenvalue weighted by atomic mass is 10.2. The van der Waals surface area contributed by atoms with Crippen molar-refractivity contribution in [2.75, 3.05) is 26.2 Å². The highest BCUT2D eigenvalue weighted by Gasteiger charge is 2.19. The van der Waals surface area contributed by atoms with Gasteiger partial charge in [-0.2, -0.15) is 4.72 Å². The average Bonchev–Trinajstić information content (AvgIpc) is 2.88. The van der Waals surface area contributed by atoms with Gasteiger partial charge in [0.25, 0.3) is 5.91 Å². The number of nitrogens with zero attached hydrogens (tertiary/aromatic N) is 1. The maximum atomic E-state index is 12.1. The van der Waals surface area contributed by atoms with Crippen LogP contribution in [0.2, 0.25) is 0 Å². The maximum Gasteiger partial charge on any atom is 0.321 e. The van der Waals surface area contributed by atoms with E-state index in [1.807, 2.05) is 6.92 Å². The van der Waals surface area contributed by atoms with Gasteiger partial charge in [0.1, 0.15) is 6.54 Å². The fourth-order valence-electron chi connectivity index (χ4n) is 2.56. The summed E-state index contributed by atoms with van der Waals surface area (Å²) in [5.74, 6) is -1.02. The number of esters is 1. The normalized spacial score (nSPS) is 15.5. The molecule has 1 aliphatic rings. The van der Waals surface area contributed by atoms with E-state index in [4.69, 9.17) is 4.74 Å². The summed E-state index contributed by atoms with van der Waals surface area (Å²) in [4.78, 5) is 25.5. The molecule has 0 bridgehead atoms. The maximum absolute atomic E-state index is 12.1.